The van der Waals surface area contributed by atoms with E-state index in [1.807, 2.05) is 6.08 Å². The van der Waals surface area contributed by atoms with E-state index in [1.54, 1.807) is 0 Å². The molecule has 0 aliphatic heterocycles. The van der Waals surface area contributed by atoms with Crippen molar-refractivity contribution in [1.29, 1.82) is 0 Å². The van der Waals surface area contributed by atoms with Gasteiger partial charge in [-0.3, -0.25) is 4.79 Å². The predicted octanol–water partition coefficient (Wildman–Crippen LogP) is 3.25. The maximum Gasteiger partial charge on any atom is 0.155 e. The molecule has 0 bridgehead atoms. The third kappa shape index (κ3) is 1.78. The van der Waals surface area contributed by atoms with Gasteiger partial charge in [-0.25, -0.2) is 0 Å². The summed E-state index contributed by atoms with van der Waals surface area (Å²) >= 11 is 0. The summed E-state index contributed by atoms with van der Waals surface area (Å²) in [6.07, 6.45) is 10.1. The number of fused-ring (bicyclic) bond motifs is 5. The van der Waals surface area contributed by atoms with Gasteiger partial charge < -0.3 is 5.11 Å². The molecule has 2 heteroatoms. The lowest BCUT2D eigenvalue weighted by molar-refractivity contribution is -0.445. The van der Waals surface area contributed by atoms with Crippen LogP contribution in [0.5, 0.6) is 0 Å². The number of hydrogen-bond donors (Lipinski definition) is 0. The molecule has 0 aromatic carbocycles. The highest BCUT2D eigenvalue weighted by molar-refractivity contribution is 5.91. The van der Waals surface area contributed by atoms with Gasteiger partial charge in [-0.05, 0) is 66.8 Å². The van der Waals surface area contributed by atoms with Crippen LogP contribution in [0.25, 0.3) is 0 Å². The first kappa shape index (κ1) is 14.0. The lowest BCUT2D eigenvalue weighted by Crippen LogP contribution is -2.53. The Bertz CT molecular complexity index is 508. The van der Waals surface area contributed by atoms with Crippen LogP contribution in [0, 0.1) is 28.6 Å². The largest absolute Gasteiger partial charge is 0.852 e. The lowest BCUT2D eigenvalue weighted by atomic mass is 9.47. The fourth-order valence-electron chi connectivity index (χ4n) is 6.51. The van der Waals surface area contributed by atoms with E-state index >= 15 is 0 Å². The summed E-state index contributed by atoms with van der Waals surface area (Å²) in [6, 6.07) is 0. The van der Waals surface area contributed by atoms with Crippen molar-refractivity contribution in [3.63, 3.8) is 0 Å². The van der Waals surface area contributed by atoms with Crippen molar-refractivity contribution in [3.8, 4) is 0 Å². The number of allylic oxidation sites excluding steroid dienone is 1. The van der Waals surface area contributed by atoms with E-state index in [-0.39, 0.29) is 16.9 Å². The zero-order valence-corrected chi connectivity index (χ0v) is 13.4. The number of carbonyl (C=O) groups is 1. The van der Waals surface area contributed by atoms with Crippen LogP contribution in [0.4, 0.5) is 0 Å². The average molecular weight is 287 g/mol. The summed E-state index contributed by atoms with van der Waals surface area (Å²) in [5.74, 6) is 2.43. The van der Waals surface area contributed by atoms with E-state index in [0.717, 1.165) is 44.4 Å². The number of carbonyl (C=O) groups excluding carboxylic acids is 1. The smallest absolute Gasteiger partial charge is 0.155 e. The molecule has 0 heterocycles. The maximum atomic E-state index is 12.4. The third-order valence-electron chi connectivity index (χ3n) is 7.88. The van der Waals surface area contributed by atoms with Crippen LogP contribution >= 0.6 is 0 Å². The number of hydrogen-bond acceptors (Lipinski definition) is 2. The molecule has 0 amide bonds. The molecule has 0 N–H and O–H groups in total. The second-order valence-corrected chi connectivity index (χ2v) is 8.58. The van der Waals surface area contributed by atoms with E-state index in [2.05, 4.69) is 13.8 Å². The molecule has 0 aromatic rings. The fourth-order valence-corrected chi connectivity index (χ4v) is 6.51. The average Bonchev–Trinajstić information content (AvgIpc) is 2.76. The van der Waals surface area contributed by atoms with Crippen molar-refractivity contribution in [2.45, 2.75) is 71.3 Å². The van der Waals surface area contributed by atoms with Crippen LogP contribution in [0.1, 0.15) is 65.2 Å². The molecule has 5 unspecified atom stereocenters. The normalized spacial score (nSPS) is 52.7. The van der Waals surface area contributed by atoms with Crippen LogP contribution in [-0.2, 0) is 4.79 Å². The van der Waals surface area contributed by atoms with Gasteiger partial charge in [0.15, 0.2) is 5.78 Å². The Kier molecular flexibility index (Phi) is 2.96. The van der Waals surface area contributed by atoms with Crippen LogP contribution in [0.3, 0.4) is 0 Å². The van der Waals surface area contributed by atoms with Crippen LogP contribution in [-0.4, -0.2) is 11.9 Å². The molecule has 0 spiro atoms. The van der Waals surface area contributed by atoms with E-state index in [1.165, 1.54) is 18.4 Å². The van der Waals surface area contributed by atoms with Gasteiger partial charge in [-0.15, -0.1) is 6.10 Å². The van der Waals surface area contributed by atoms with Crippen LogP contribution in [0.15, 0.2) is 11.6 Å². The van der Waals surface area contributed by atoms with Crippen molar-refractivity contribution in [2.75, 3.05) is 0 Å². The first-order chi connectivity index (χ1) is 9.95. The third-order valence-corrected chi connectivity index (χ3v) is 7.88. The minimum atomic E-state index is -0.332. The second-order valence-electron chi connectivity index (χ2n) is 8.58. The Morgan fingerprint density at radius 3 is 2.67 bits per heavy atom. The Hall–Kier alpha value is -0.630. The van der Waals surface area contributed by atoms with Crippen molar-refractivity contribution in [1.82, 2.24) is 0 Å². The van der Waals surface area contributed by atoms with Gasteiger partial charge in [0.1, 0.15) is 0 Å². The highest BCUT2D eigenvalue weighted by Crippen LogP contribution is 2.64. The quantitative estimate of drug-likeness (QED) is 0.686. The molecule has 2 nitrogen and oxygen atoms in total. The first-order valence-corrected chi connectivity index (χ1v) is 8.85. The molecule has 3 fully saturated rings. The summed E-state index contributed by atoms with van der Waals surface area (Å²) < 4.78 is 0. The Morgan fingerprint density at radius 2 is 1.86 bits per heavy atom. The van der Waals surface area contributed by atoms with E-state index in [4.69, 9.17) is 0 Å². The van der Waals surface area contributed by atoms with Gasteiger partial charge in [0, 0.05) is 6.42 Å². The fraction of sp³-hybridized carbons (Fsp3) is 0.842. The highest BCUT2D eigenvalue weighted by Gasteiger charge is 2.56. The van der Waals surface area contributed by atoms with Crippen molar-refractivity contribution in [3.05, 3.63) is 11.6 Å². The van der Waals surface area contributed by atoms with E-state index in [9.17, 15) is 9.90 Å². The van der Waals surface area contributed by atoms with Crippen molar-refractivity contribution < 1.29 is 9.90 Å². The van der Waals surface area contributed by atoms with Crippen molar-refractivity contribution in [2.24, 2.45) is 28.6 Å². The van der Waals surface area contributed by atoms with Crippen LogP contribution in [0.2, 0.25) is 0 Å². The standard InChI is InChI=1S/C19H27O2/c1-18-9-7-13(20)11-12(18)3-4-14-15-5-6-17(21)19(15,2)10-8-16(14)18/h11,14-17H,3-10H2,1-2H3/q-1/t14?,15?,16-,17?,18?,19?/m0/s1. The van der Waals surface area contributed by atoms with Gasteiger partial charge in [0.2, 0.25) is 0 Å². The summed E-state index contributed by atoms with van der Waals surface area (Å²) in [4.78, 5) is 11.8. The van der Waals surface area contributed by atoms with Gasteiger partial charge in [0.25, 0.3) is 0 Å². The van der Waals surface area contributed by atoms with E-state index < -0.39 is 0 Å². The maximum absolute atomic E-state index is 12.4. The second kappa shape index (κ2) is 4.44. The summed E-state index contributed by atoms with van der Waals surface area (Å²) in [6.45, 7) is 4.69. The molecule has 21 heavy (non-hydrogen) atoms. The molecular formula is C19H27O2-. The molecule has 4 aliphatic rings. The molecule has 6 atom stereocenters. The Morgan fingerprint density at radius 1 is 1.05 bits per heavy atom. The zero-order chi connectivity index (χ0) is 14.8. The molecule has 116 valence electrons. The number of rotatable bonds is 0. The molecule has 4 aliphatic carbocycles. The zero-order valence-electron chi connectivity index (χ0n) is 13.4. The summed E-state index contributed by atoms with van der Waals surface area (Å²) in [5, 5.41) is 12.4. The SMILES string of the molecule is CC12CC[C@H]3C(CCC4=CC(=O)CCC43C)C1CCC2[O-]. The molecule has 0 saturated heterocycles. The van der Waals surface area contributed by atoms with Gasteiger partial charge in [-0.1, -0.05) is 32.3 Å². The minimum Gasteiger partial charge on any atom is -0.852 e. The Labute approximate surface area is 128 Å². The van der Waals surface area contributed by atoms with Gasteiger partial charge in [0.05, 0.1) is 0 Å². The number of ketones is 1. The molecular weight excluding hydrogens is 260 g/mol. The summed E-state index contributed by atoms with van der Waals surface area (Å²) in [7, 11) is 0. The summed E-state index contributed by atoms with van der Waals surface area (Å²) in [5.41, 5.74) is 1.74. The lowest BCUT2D eigenvalue weighted by Gasteiger charge is -2.59. The molecule has 0 radical (unpaired) electrons. The van der Waals surface area contributed by atoms with Gasteiger partial charge in [-0.2, -0.15) is 0 Å². The highest BCUT2D eigenvalue weighted by atomic mass is 16.3. The molecule has 4 rings (SSSR count). The Balaban J connectivity index is 1.69. The van der Waals surface area contributed by atoms with Crippen LogP contribution < -0.4 is 5.11 Å². The monoisotopic (exact) mass is 287 g/mol. The predicted molar refractivity (Wildman–Crippen MR) is 80.5 cm³/mol. The topological polar surface area (TPSA) is 40.1 Å². The van der Waals surface area contributed by atoms with Gasteiger partial charge >= 0.3 is 0 Å². The molecule has 3 saturated carbocycles. The van der Waals surface area contributed by atoms with E-state index in [0.29, 0.717) is 17.6 Å². The van der Waals surface area contributed by atoms with Crippen molar-refractivity contribution >= 4 is 5.78 Å². The first-order valence-electron chi connectivity index (χ1n) is 8.85. The minimum absolute atomic E-state index is 0.0588. The molecule has 0 aromatic heterocycles.